The van der Waals surface area contributed by atoms with Gasteiger partial charge in [-0.25, -0.2) is 4.39 Å². The van der Waals surface area contributed by atoms with Crippen LogP contribution in [0.1, 0.15) is 36.5 Å². The van der Waals surface area contributed by atoms with Crippen LogP contribution in [0.3, 0.4) is 0 Å². The molecule has 98 valence electrons. The van der Waals surface area contributed by atoms with Gasteiger partial charge in [0, 0.05) is 16.6 Å². The first-order valence-electron chi connectivity index (χ1n) is 6.67. The fraction of sp³-hybridized carbons (Fsp3) is 0.294. The molecule has 0 saturated heterocycles. The first-order valence-corrected chi connectivity index (χ1v) is 7.65. The highest BCUT2D eigenvalue weighted by Gasteiger charge is 2.26. The summed E-state index contributed by atoms with van der Waals surface area (Å²) in [5.41, 5.74) is 3.81. The van der Waals surface area contributed by atoms with Crippen molar-refractivity contribution < 1.29 is 4.39 Å². The Morgan fingerprint density at radius 2 is 1.89 bits per heavy atom. The maximum atomic E-state index is 13.5. The van der Waals surface area contributed by atoms with Crippen molar-refractivity contribution >= 4 is 11.8 Å². The fourth-order valence-electron chi connectivity index (χ4n) is 2.91. The van der Waals surface area contributed by atoms with E-state index in [1.54, 1.807) is 12.1 Å². The zero-order valence-corrected chi connectivity index (χ0v) is 12.0. The highest BCUT2D eigenvalue weighted by molar-refractivity contribution is 7.98. The molecule has 0 aromatic heterocycles. The van der Waals surface area contributed by atoms with Crippen LogP contribution in [0.15, 0.2) is 47.4 Å². The van der Waals surface area contributed by atoms with Crippen molar-refractivity contribution in [2.24, 2.45) is 5.92 Å². The van der Waals surface area contributed by atoms with E-state index in [0.29, 0.717) is 11.8 Å². The summed E-state index contributed by atoms with van der Waals surface area (Å²) in [5, 5.41) is 0. The van der Waals surface area contributed by atoms with Gasteiger partial charge in [0.2, 0.25) is 0 Å². The first kappa shape index (κ1) is 12.7. The lowest BCUT2D eigenvalue weighted by Gasteiger charge is -2.23. The number of fused-ring (bicyclic) bond motifs is 2. The molecular weight excluding hydrogens is 255 g/mol. The van der Waals surface area contributed by atoms with Crippen molar-refractivity contribution in [3.8, 4) is 0 Å². The Labute approximate surface area is 118 Å². The minimum absolute atomic E-state index is 0.132. The molecular formula is C17H17FS. The van der Waals surface area contributed by atoms with Gasteiger partial charge in [0.25, 0.3) is 0 Å². The molecule has 1 heterocycles. The van der Waals surface area contributed by atoms with Gasteiger partial charge in [-0.05, 0) is 40.8 Å². The van der Waals surface area contributed by atoms with Crippen LogP contribution in [0.5, 0.6) is 0 Å². The van der Waals surface area contributed by atoms with Crippen LogP contribution in [0, 0.1) is 11.7 Å². The predicted molar refractivity (Wildman–Crippen MR) is 79.1 cm³/mol. The molecule has 0 spiro atoms. The molecule has 0 radical (unpaired) electrons. The van der Waals surface area contributed by atoms with Crippen molar-refractivity contribution in [3.63, 3.8) is 0 Å². The first-order chi connectivity index (χ1) is 9.16. The Morgan fingerprint density at radius 1 is 1.11 bits per heavy atom. The van der Waals surface area contributed by atoms with Crippen molar-refractivity contribution in [2.45, 2.75) is 30.4 Å². The molecule has 0 nitrogen and oxygen atoms in total. The zero-order valence-electron chi connectivity index (χ0n) is 11.2. The van der Waals surface area contributed by atoms with E-state index in [2.05, 4.69) is 38.1 Å². The lowest BCUT2D eigenvalue weighted by molar-refractivity contribution is 0.553. The predicted octanol–water partition coefficient (Wildman–Crippen LogP) is 5.22. The van der Waals surface area contributed by atoms with Gasteiger partial charge in [-0.2, -0.15) is 0 Å². The van der Waals surface area contributed by atoms with Gasteiger partial charge in [0.05, 0.1) is 0 Å². The summed E-state index contributed by atoms with van der Waals surface area (Å²) >= 11 is 1.82. The maximum Gasteiger partial charge on any atom is 0.123 e. The molecule has 0 amide bonds. The summed E-state index contributed by atoms with van der Waals surface area (Å²) in [5.74, 6) is 1.59. The topological polar surface area (TPSA) is 0 Å². The molecule has 1 aliphatic rings. The minimum atomic E-state index is -0.132. The number of rotatable bonds is 1. The van der Waals surface area contributed by atoms with Crippen molar-refractivity contribution in [1.82, 2.24) is 0 Å². The van der Waals surface area contributed by atoms with Crippen LogP contribution in [-0.4, -0.2) is 0 Å². The Balaban J connectivity index is 2.21. The van der Waals surface area contributed by atoms with Gasteiger partial charge in [0.1, 0.15) is 5.82 Å². The van der Waals surface area contributed by atoms with Crippen molar-refractivity contribution in [1.29, 1.82) is 0 Å². The largest absolute Gasteiger partial charge is 0.207 e. The normalized spacial score (nSPS) is 17.8. The molecule has 0 fully saturated rings. The van der Waals surface area contributed by atoms with E-state index >= 15 is 0 Å². The number of halogens is 1. The Kier molecular flexibility index (Phi) is 3.36. The van der Waals surface area contributed by atoms with E-state index in [1.165, 1.54) is 16.0 Å². The average molecular weight is 272 g/mol. The molecule has 2 aromatic rings. The summed E-state index contributed by atoms with van der Waals surface area (Å²) in [6, 6.07) is 13.8. The Morgan fingerprint density at radius 3 is 2.68 bits per heavy atom. The smallest absolute Gasteiger partial charge is 0.123 e. The Hall–Kier alpha value is -1.28. The summed E-state index contributed by atoms with van der Waals surface area (Å²) in [6.07, 6.45) is 0. The van der Waals surface area contributed by atoms with E-state index in [-0.39, 0.29) is 5.82 Å². The number of thioether (sulfide) groups is 1. The summed E-state index contributed by atoms with van der Waals surface area (Å²) < 4.78 is 13.5. The third kappa shape index (κ3) is 2.30. The number of hydrogen-bond donors (Lipinski definition) is 0. The van der Waals surface area contributed by atoms with Crippen molar-refractivity contribution in [2.75, 3.05) is 0 Å². The van der Waals surface area contributed by atoms with Gasteiger partial charge in [-0.15, -0.1) is 11.8 Å². The molecule has 1 atom stereocenters. The quantitative estimate of drug-likeness (QED) is 0.686. The summed E-state index contributed by atoms with van der Waals surface area (Å²) in [4.78, 5) is 1.33. The maximum absolute atomic E-state index is 13.5. The third-order valence-electron chi connectivity index (χ3n) is 3.74. The van der Waals surface area contributed by atoms with Crippen LogP contribution in [0.4, 0.5) is 4.39 Å². The van der Waals surface area contributed by atoms with Gasteiger partial charge in [-0.3, -0.25) is 0 Å². The second-order valence-electron chi connectivity index (χ2n) is 5.39. The van der Waals surface area contributed by atoms with E-state index in [0.717, 1.165) is 11.3 Å². The van der Waals surface area contributed by atoms with Crippen LogP contribution >= 0.6 is 11.8 Å². The molecule has 2 aromatic carbocycles. The second-order valence-corrected chi connectivity index (χ2v) is 6.41. The number of hydrogen-bond acceptors (Lipinski definition) is 1. The Bertz CT molecular complexity index is 604. The average Bonchev–Trinajstić information content (AvgIpc) is 2.55. The third-order valence-corrected chi connectivity index (χ3v) is 4.88. The highest BCUT2D eigenvalue weighted by atomic mass is 32.2. The molecule has 0 bridgehead atoms. The van der Waals surface area contributed by atoms with Crippen LogP contribution in [-0.2, 0) is 5.75 Å². The monoisotopic (exact) mass is 272 g/mol. The zero-order chi connectivity index (χ0) is 13.4. The van der Waals surface area contributed by atoms with E-state index in [1.807, 2.05) is 17.8 Å². The lowest BCUT2D eigenvalue weighted by Crippen LogP contribution is -2.10. The highest BCUT2D eigenvalue weighted by Crippen LogP contribution is 2.43. The second kappa shape index (κ2) is 5.01. The molecule has 1 aliphatic heterocycles. The van der Waals surface area contributed by atoms with Gasteiger partial charge in [-0.1, -0.05) is 38.1 Å². The standard InChI is InChI=1S/C17H17FS/c1-11(2)17-14-8-7-13(18)9-12(14)10-19-16-6-4-3-5-15(16)17/h3-9,11,17H,10H2,1-2H3. The van der Waals surface area contributed by atoms with Gasteiger partial charge < -0.3 is 0 Å². The SMILES string of the molecule is CC(C)C1c2ccc(F)cc2CSc2ccccc21. The molecule has 0 aliphatic carbocycles. The van der Waals surface area contributed by atoms with E-state index in [4.69, 9.17) is 0 Å². The van der Waals surface area contributed by atoms with Crippen molar-refractivity contribution in [3.05, 3.63) is 65.0 Å². The molecule has 1 unspecified atom stereocenters. The molecule has 19 heavy (non-hydrogen) atoms. The van der Waals surface area contributed by atoms with Gasteiger partial charge in [0.15, 0.2) is 0 Å². The minimum Gasteiger partial charge on any atom is -0.207 e. The summed E-state index contributed by atoms with van der Waals surface area (Å²) in [6.45, 7) is 4.48. The van der Waals surface area contributed by atoms with Crippen LogP contribution in [0.2, 0.25) is 0 Å². The molecule has 0 N–H and O–H groups in total. The van der Waals surface area contributed by atoms with Crippen LogP contribution < -0.4 is 0 Å². The molecule has 0 saturated carbocycles. The lowest BCUT2D eigenvalue weighted by atomic mass is 9.81. The molecule has 2 heteroatoms. The van der Waals surface area contributed by atoms with E-state index < -0.39 is 0 Å². The summed E-state index contributed by atoms with van der Waals surface area (Å²) in [7, 11) is 0. The number of benzene rings is 2. The van der Waals surface area contributed by atoms with Crippen LogP contribution in [0.25, 0.3) is 0 Å². The fourth-order valence-corrected chi connectivity index (χ4v) is 4.01. The van der Waals surface area contributed by atoms with Gasteiger partial charge >= 0.3 is 0 Å². The molecule has 3 rings (SSSR count). The van der Waals surface area contributed by atoms with E-state index in [9.17, 15) is 4.39 Å².